The molecule has 2 amide bonds. The van der Waals surface area contributed by atoms with Crippen molar-refractivity contribution >= 4 is 17.5 Å². The van der Waals surface area contributed by atoms with E-state index in [1.165, 1.54) is 0 Å². The van der Waals surface area contributed by atoms with Crippen LogP contribution >= 0.6 is 0 Å². The average Bonchev–Trinajstić information content (AvgIpc) is 2.49. The number of nitrogens with one attached hydrogen (secondary N) is 3. The lowest BCUT2D eigenvalue weighted by atomic mass is 10.1. The van der Waals surface area contributed by atoms with Crippen LogP contribution < -0.4 is 16.0 Å². The molecule has 6 nitrogen and oxygen atoms in total. The fourth-order valence-corrected chi connectivity index (χ4v) is 2.20. The van der Waals surface area contributed by atoms with Crippen LogP contribution in [0.3, 0.4) is 0 Å². The third-order valence-corrected chi connectivity index (χ3v) is 3.42. The van der Waals surface area contributed by atoms with Gasteiger partial charge in [-0.15, -0.1) is 0 Å². The third kappa shape index (κ3) is 4.27. The average molecular weight is 291 g/mol. The Labute approximate surface area is 124 Å². The zero-order valence-corrected chi connectivity index (χ0v) is 12.4. The van der Waals surface area contributed by atoms with E-state index < -0.39 is 0 Å². The van der Waals surface area contributed by atoms with Crippen molar-refractivity contribution in [2.75, 3.05) is 32.1 Å². The van der Waals surface area contributed by atoms with Crippen LogP contribution in [0.5, 0.6) is 0 Å². The van der Waals surface area contributed by atoms with E-state index in [-0.39, 0.29) is 17.9 Å². The van der Waals surface area contributed by atoms with E-state index in [9.17, 15) is 9.59 Å². The minimum absolute atomic E-state index is 0.0961. The molecule has 0 radical (unpaired) electrons. The molecule has 1 aliphatic rings. The number of carbonyl (C=O) groups is 2. The molecule has 0 saturated carbocycles. The molecule has 6 heteroatoms. The number of hydrogen-bond donors (Lipinski definition) is 3. The first-order valence-electron chi connectivity index (χ1n) is 7.05. The van der Waals surface area contributed by atoms with Gasteiger partial charge < -0.3 is 20.7 Å². The van der Waals surface area contributed by atoms with Gasteiger partial charge in [-0.1, -0.05) is 6.07 Å². The van der Waals surface area contributed by atoms with Crippen molar-refractivity contribution in [3.8, 4) is 0 Å². The second-order valence-corrected chi connectivity index (χ2v) is 5.06. The van der Waals surface area contributed by atoms with Crippen molar-refractivity contribution in [2.24, 2.45) is 0 Å². The summed E-state index contributed by atoms with van der Waals surface area (Å²) >= 11 is 0. The van der Waals surface area contributed by atoms with Gasteiger partial charge in [0.05, 0.1) is 19.1 Å². The SMILES string of the molecule is CNC(=O)c1ccc(C)c(NC(=O)CC2CNCCO2)c1. The molecule has 0 spiro atoms. The van der Waals surface area contributed by atoms with Gasteiger partial charge in [0, 0.05) is 31.4 Å². The molecular formula is C15H21N3O3. The number of amides is 2. The van der Waals surface area contributed by atoms with Crippen LogP contribution in [0.1, 0.15) is 22.3 Å². The maximum absolute atomic E-state index is 12.1. The van der Waals surface area contributed by atoms with Gasteiger partial charge >= 0.3 is 0 Å². The van der Waals surface area contributed by atoms with Crippen molar-refractivity contribution in [3.05, 3.63) is 29.3 Å². The molecular weight excluding hydrogens is 270 g/mol. The number of benzene rings is 1. The highest BCUT2D eigenvalue weighted by Gasteiger charge is 2.18. The van der Waals surface area contributed by atoms with Crippen molar-refractivity contribution in [3.63, 3.8) is 0 Å². The molecule has 2 rings (SSSR count). The number of ether oxygens (including phenoxy) is 1. The first-order valence-corrected chi connectivity index (χ1v) is 7.05. The topological polar surface area (TPSA) is 79.5 Å². The zero-order valence-electron chi connectivity index (χ0n) is 12.4. The normalized spacial score (nSPS) is 18.1. The Bertz CT molecular complexity index is 525. The number of carbonyl (C=O) groups excluding carboxylic acids is 2. The lowest BCUT2D eigenvalue weighted by Crippen LogP contribution is -2.40. The second-order valence-electron chi connectivity index (χ2n) is 5.06. The Morgan fingerprint density at radius 2 is 2.24 bits per heavy atom. The van der Waals surface area contributed by atoms with Crippen molar-refractivity contribution in [1.82, 2.24) is 10.6 Å². The molecule has 1 fully saturated rings. The Morgan fingerprint density at radius 3 is 2.90 bits per heavy atom. The van der Waals surface area contributed by atoms with Crippen LogP contribution in [0.25, 0.3) is 0 Å². The summed E-state index contributed by atoms with van der Waals surface area (Å²) in [5.74, 6) is -0.286. The second kappa shape index (κ2) is 7.19. The van der Waals surface area contributed by atoms with Gasteiger partial charge in [-0.25, -0.2) is 0 Å². The van der Waals surface area contributed by atoms with Gasteiger partial charge in [0.15, 0.2) is 0 Å². The van der Waals surface area contributed by atoms with Gasteiger partial charge in [-0.05, 0) is 24.6 Å². The zero-order chi connectivity index (χ0) is 15.2. The fourth-order valence-electron chi connectivity index (χ4n) is 2.20. The van der Waals surface area contributed by atoms with Gasteiger partial charge in [-0.2, -0.15) is 0 Å². The number of anilines is 1. The molecule has 114 valence electrons. The van der Waals surface area contributed by atoms with Gasteiger partial charge in [0.1, 0.15) is 0 Å². The van der Waals surface area contributed by atoms with E-state index in [0.29, 0.717) is 30.8 Å². The monoisotopic (exact) mass is 291 g/mol. The van der Waals surface area contributed by atoms with Gasteiger partial charge in [-0.3, -0.25) is 9.59 Å². The van der Waals surface area contributed by atoms with Crippen LogP contribution in [0.4, 0.5) is 5.69 Å². The lowest BCUT2D eigenvalue weighted by Gasteiger charge is -2.23. The molecule has 1 aliphatic heterocycles. The van der Waals surface area contributed by atoms with E-state index in [2.05, 4.69) is 16.0 Å². The van der Waals surface area contributed by atoms with E-state index in [4.69, 9.17) is 4.74 Å². The largest absolute Gasteiger partial charge is 0.375 e. The minimum Gasteiger partial charge on any atom is -0.375 e. The van der Waals surface area contributed by atoms with Crippen molar-refractivity contribution in [2.45, 2.75) is 19.4 Å². The Balaban J connectivity index is 2.00. The van der Waals surface area contributed by atoms with E-state index >= 15 is 0 Å². The van der Waals surface area contributed by atoms with Crippen molar-refractivity contribution < 1.29 is 14.3 Å². The molecule has 1 unspecified atom stereocenters. The Morgan fingerprint density at radius 1 is 1.43 bits per heavy atom. The quantitative estimate of drug-likeness (QED) is 0.762. The maximum Gasteiger partial charge on any atom is 0.251 e. The fraction of sp³-hybridized carbons (Fsp3) is 0.467. The molecule has 1 atom stereocenters. The smallest absolute Gasteiger partial charge is 0.251 e. The first kappa shape index (κ1) is 15.5. The molecule has 1 saturated heterocycles. The molecule has 0 aromatic heterocycles. The molecule has 1 aromatic rings. The molecule has 21 heavy (non-hydrogen) atoms. The summed E-state index contributed by atoms with van der Waals surface area (Å²) in [6.45, 7) is 4.03. The standard InChI is InChI=1S/C15H21N3O3/c1-10-3-4-11(15(20)16-2)7-13(10)18-14(19)8-12-9-17-5-6-21-12/h3-4,7,12,17H,5-6,8-9H2,1-2H3,(H,16,20)(H,18,19). The lowest BCUT2D eigenvalue weighted by molar-refractivity contribution is -0.119. The van der Waals surface area contributed by atoms with Gasteiger partial charge in [0.2, 0.25) is 5.91 Å². The van der Waals surface area contributed by atoms with E-state index in [1.807, 2.05) is 13.0 Å². The number of aryl methyl sites for hydroxylation is 1. The Hall–Kier alpha value is -1.92. The molecule has 0 bridgehead atoms. The third-order valence-electron chi connectivity index (χ3n) is 3.42. The minimum atomic E-state index is -0.176. The molecule has 0 aliphatic carbocycles. The highest BCUT2D eigenvalue weighted by molar-refractivity contribution is 5.97. The summed E-state index contributed by atoms with van der Waals surface area (Å²) in [5, 5.41) is 8.61. The highest BCUT2D eigenvalue weighted by atomic mass is 16.5. The van der Waals surface area contributed by atoms with Crippen LogP contribution in [-0.4, -0.2) is 44.7 Å². The number of morpholine rings is 1. The Kier molecular flexibility index (Phi) is 5.30. The van der Waals surface area contributed by atoms with E-state index in [0.717, 1.165) is 12.1 Å². The molecule has 1 heterocycles. The molecule has 1 aromatic carbocycles. The summed E-state index contributed by atoms with van der Waals surface area (Å²) in [7, 11) is 1.58. The number of rotatable bonds is 4. The summed E-state index contributed by atoms with van der Waals surface area (Å²) in [6, 6.07) is 5.24. The summed E-state index contributed by atoms with van der Waals surface area (Å²) in [5.41, 5.74) is 2.09. The predicted octanol–water partition coefficient (Wildman–Crippen LogP) is 0.672. The van der Waals surface area contributed by atoms with Crippen LogP contribution in [0, 0.1) is 6.92 Å². The van der Waals surface area contributed by atoms with E-state index in [1.54, 1.807) is 19.2 Å². The predicted molar refractivity (Wildman–Crippen MR) is 80.4 cm³/mol. The summed E-state index contributed by atoms with van der Waals surface area (Å²) in [6.07, 6.45) is 0.206. The van der Waals surface area contributed by atoms with Crippen molar-refractivity contribution in [1.29, 1.82) is 0 Å². The van der Waals surface area contributed by atoms with Crippen LogP contribution in [0.15, 0.2) is 18.2 Å². The van der Waals surface area contributed by atoms with Crippen LogP contribution in [0.2, 0.25) is 0 Å². The maximum atomic E-state index is 12.1. The highest BCUT2D eigenvalue weighted by Crippen LogP contribution is 2.17. The van der Waals surface area contributed by atoms with Gasteiger partial charge in [0.25, 0.3) is 5.91 Å². The van der Waals surface area contributed by atoms with Crippen LogP contribution in [-0.2, 0) is 9.53 Å². The summed E-state index contributed by atoms with van der Waals surface area (Å²) < 4.78 is 5.51. The number of hydrogen-bond acceptors (Lipinski definition) is 4. The first-order chi connectivity index (χ1) is 10.1. The summed E-state index contributed by atoms with van der Waals surface area (Å²) in [4.78, 5) is 23.7. The molecule has 3 N–H and O–H groups in total.